The molecule has 0 atom stereocenters. The summed E-state index contributed by atoms with van der Waals surface area (Å²) in [6.45, 7) is 0. The van der Waals surface area contributed by atoms with E-state index in [1.54, 1.807) is 19.3 Å². The second-order valence-electron chi connectivity index (χ2n) is 1.82. The molecule has 2 heteroatoms. The molecular weight excluding hydrogens is 116 g/mol. The zero-order valence-electron chi connectivity index (χ0n) is 5.26. The fourth-order valence-electron chi connectivity index (χ4n) is 0.684. The summed E-state index contributed by atoms with van der Waals surface area (Å²) in [7, 11) is 1.55. The predicted octanol–water partition coefficient (Wildman–Crippen LogP) is 1.05. The van der Waals surface area contributed by atoms with Crippen LogP contribution in [0.3, 0.4) is 0 Å². The van der Waals surface area contributed by atoms with Gasteiger partial charge in [-0.15, -0.1) is 0 Å². The molecule has 0 saturated carbocycles. The van der Waals surface area contributed by atoms with E-state index in [0.717, 1.165) is 0 Å². The number of hydrogen-bond acceptors (Lipinski definition) is 2. The monoisotopic (exact) mass is 124 g/mol. The molecule has 0 spiro atoms. The van der Waals surface area contributed by atoms with Crippen molar-refractivity contribution in [3.63, 3.8) is 0 Å². The normalized spacial score (nSPS) is 17.4. The minimum Gasteiger partial charge on any atom is -0.497 e. The Hall–Kier alpha value is -1.05. The molecule has 0 aliphatic heterocycles. The Labute approximate surface area is 53.8 Å². The Morgan fingerprint density at radius 1 is 1.67 bits per heavy atom. The number of ketones is 1. The molecule has 0 aromatic heterocycles. The Bertz CT molecular complexity index is 177. The highest BCUT2D eigenvalue weighted by Crippen LogP contribution is 2.05. The summed E-state index contributed by atoms with van der Waals surface area (Å²) in [4.78, 5) is 10.6. The molecule has 48 valence electrons. The molecule has 0 unspecified atom stereocenters. The highest BCUT2D eigenvalue weighted by atomic mass is 16.5. The van der Waals surface area contributed by atoms with E-state index in [1.807, 2.05) is 0 Å². The third-order valence-electron chi connectivity index (χ3n) is 1.14. The molecule has 0 amide bonds. The third kappa shape index (κ3) is 1.42. The van der Waals surface area contributed by atoms with Crippen LogP contribution >= 0.6 is 0 Å². The Morgan fingerprint density at radius 3 is 2.89 bits per heavy atom. The van der Waals surface area contributed by atoms with E-state index >= 15 is 0 Å². The molecule has 1 aliphatic carbocycles. The van der Waals surface area contributed by atoms with Crippen molar-refractivity contribution in [1.29, 1.82) is 0 Å². The highest BCUT2D eigenvalue weighted by molar-refractivity contribution is 5.92. The van der Waals surface area contributed by atoms with Crippen LogP contribution in [0.2, 0.25) is 0 Å². The number of ether oxygens (including phenoxy) is 1. The smallest absolute Gasteiger partial charge is 0.163 e. The van der Waals surface area contributed by atoms with Crippen molar-refractivity contribution < 1.29 is 9.53 Å². The van der Waals surface area contributed by atoms with Crippen LogP contribution in [0.25, 0.3) is 0 Å². The van der Waals surface area contributed by atoms with Crippen LogP contribution in [0.5, 0.6) is 0 Å². The van der Waals surface area contributed by atoms with Crippen LogP contribution < -0.4 is 0 Å². The first-order valence-electron chi connectivity index (χ1n) is 2.78. The molecule has 0 bridgehead atoms. The number of rotatable bonds is 1. The van der Waals surface area contributed by atoms with Crippen LogP contribution in [0.4, 0.5) is 0 Å². The maximum atomic E-state index is 10.6. The summed E-state index contributed by atoms with van der Waals surface area (Å²) in [5.41, 5.74) is 0. The van der Waals surface area contributed by atoms with E-state index in [0.29, 0.717) is 12.2 Å². The van der Waals surface area contributed by atoms with Gasteiger partial charge >= 0.3 is 0 Å². The van der Waals surface area contributed by atoms with Gasteiger partial charge < -0.3 is 4.74 Å². The lowest BCUT2D eigenvalue weighted by Gasteiger charge is -2.02. The van der Waals surface area contributed by atoms with E-state index < -0.39 is 0 Å². The van der Waals surface area contributed by atoms with Gasteiger partial charge in [0.25, 0.3) is 0 Å². The van der Waals surface area contributed by atoms with Gasteiger partial charge in [-0.25, -0.2) is 0 Å². The zero-order valence-corrected chi connectivity index (χ0v) is 5.26. The second-order valence-corrected chi connectivity index (χ2v) is 1.82. The van der Waals surface area contributed by atoms with Crippen LogP contribution in [0.15, 0.2) is 24.0 Å². The largest absolute Gasteiger partial charge is 0.497 e. The molecule has 0 radical (unpaired) electrons. The first kappa shape index (κ1) is 6.08. The highest BCUT2D eigenvalue weighted by Gasteiger charge is 2.01. The molecule has 1 rings (SSSR count). The van der Waals surface area contributed by atoms with Crippen molar-refractivity contribution in [2.75, 3.05) is 7.11 Å². The lowest BCUT2D eigenvalue weighted by Crippen LogP contribution is -1.97. The minimum atomic E-state index is 0.106. The lowest BCUT2D eigenvalue weighted by molar-refractivity contribution is -0.114. The first-order valence-corrected chi connectivity index (χ1v) is 2.78. The molecule has 0 aromatic rings. The quantitative estimate of drug-likeness (QED) is 0.522. The summed E-state index contributed by atoms with van der Waals surface area (Å²) < 4.78 is 4.81. The van der Waals surface area contributed by atoms with Gasteiger partial charge in [0.05, 0.1) is 7.11 Å². The van der Waals surface area contributed by atoms with Crippen molar-refractivity contribution >= 4 is 5.78 Å². The van der Waals surface area contributed by atoms with Crippen molar-refractivity contribution in [2.24, 2.45) is 0 Å². The van der Waals surface area contributed by atoms with Crippen LogP contribution in [0.1, 0.15) is 6.42 Å². The second kappa shape index (κ2) is 2.49. The van der Waals surface area contributed by atoms with E-state index in [9.17, 15) is 4.79 Å². The number of methoxy groups -OCH3 is 1. The summed E-state index contributed by atoms with van der Waals surface area (Å²) in [5.74, 6) is 0.751. The third-order valence-corrected chi connectivity index (χ3v) is 1.14. The lowest BCUT2D eigenvalue weighted by atomic mass is 10.1. The van der Waals surface area contributed by atoms with E-state index in [4.69, 9.17) is 4.74 Å². The van der Waals surface area contributed by atoms with Gasteiger partial charge in [-0.2, -0.15) is 0 Å². The summed E-state index contributed by atoms with van der Waals surface area (Å²) >= 11 is 0. The van der Waals surface area contributed by atoms with Crippen molar-refractivity contribution in [1.82, 2.24) is 0 Å². The van der Waals surface area contributed by atoms with Crippen molar-refractivity contribution in [3.8, 4) is 0 Å². The molecule has 0 saturated heterocycles. The van der Waals surface area contributed by atoms with Crippen molar-refractivity contribution in [2.45, 2.75) is 6.42 Å². The number of allylic oxidation sites excluding steroid dienone is 3. The van der Waals surface area contributed by atoms with Crippen LogP contribution in [-0.2, 0) is 9.53 Å². The van der Waals surface area contributed by atoms with Gasteiger partial charge in [-0.3, -0.25) is 4.79 Å². The maximum Gasteiger partial charge on any atom is 0.163 e. The van der Waals surface area contributed by atoms with Gasteiger partial charge in [-0.1, -0.05) is 6.08 Å². The Balaban J connectivity index is 2.70. The molecule has 0 N–H and O–H groups in total. The maximum absolute atomic E-state index is 10.6. The number of hydrogen-bond donors (Lipinski definition) is 0. The first-order chi connectivity index (χ1) is 4.33. The van der Waals surface area contributed by atoms with Gasteiger partial charge in [0.15, 0.2) is 5.78 Å². The average Bonchev–Trinajstić information content (AvgIpc) is 1.88. The van der Waals surface area contributed by atoms with E-state index in [1.165, 1.54) is 6.08 Å². The van der Waals surface area contributed by atoms with E-state index in [2.05, 4.69) is 0 Å². The fourth-order valence-corrected chi connectivity index (χ4v) is 0.684. The molecule has 0 aromatic carbocycles. The molecule has 0 fully saturated rings. The van der Waals surface area contributed by atoms with Crippen LogP contribution in [0, 0.1) is 0 Å². The average molecular weight is 124 g/mol. The summed E-state index contributed by atoms with van der Waals surface area (Å²) in [6, 6.07) is 0. The predicted molar refractivity (Wildman–Crippen MR) is 33.9 cm³/mol. The molecule has 9 heavy (non-hydrogen) atoms. The SMILES string of the molecule is COC1=CC(=O)CC=C1. The van der Waals surface area contributed by atoms with E-state index in [-0.39, 0.29) is 5.78 Å². The Kier molecular flexibility index (Phi) is 1.68. The zero-order chi connectivity index (χ0) is 6.69. The molecule has 2 nitrogen and oxygen atoms in total. The Morgan fingerprint density at radius 2 is 2.44 bits per heavy atom. The summed E-state index contributed by atoms with van der Waals surface area (Å²) in [5, 5.41) is 0. The fraction of sp³-hybridized carbons (Fsp3) is 0.286. The molecule has 1 aliphatic rings. The number of carbonyl (C=O) groups is 1. The summed E-state index contributed by atoms with van der Waals surface area (Å²) in [6.07, 6.45) is 5.59. The topological polar surface area (TPSA) is 26.3 Å². The van der Waals surface area contributed by atoms with Gasteiger partial charge in [0.1, 0.15) is 5.76 Å². The van der Waals surface area contributed by atoms with Gasteiger partial charge in [-0.05, 0) is 6.08 Å². The van der Waals surface area contributed by atoms with Crippen molar-refractivity contribution in [3.05, 3.63) is 24.0 Å². The van der Waals surface area contributed by atoms with Gasteiger partial charge in [0, 0.05) is 12.5 Å². The van der Waals surface area contributed by atoms with Gasteiger partial charge in [0.2, 0.25) is 0 Å². The standard InChI is InChI=1S/C7H8O2/c1-9-7-4-2-3-6(8)5-7/h2,4-5H,3H2,1H3. The molecule has 0 heterocycles. The van der Waals surface area contributed by atoms with Crippen LogP contribution in [-0.4, -0.2) is 12.9 Å². The minimum absolute atomic E-state index is 0.106. The number of carbonyl (C=O) groups excluding carboxylic acids is 1. The molecular formula is C7H8O2.